The molecule has 7 rings (SSSR count). The minimum atomic E-state index is 0.763. The molecular formula is C39H33N3O. The van der Waals surface area contributed by atoms with Crippen LogP contribution in [0.3, 0.4) is 0 Å². The second kappa shape index (κ2) is 12.2. The first-order chi connectivity index (χ1) is 21.3. The van der Waals surface area contributed by atoms with E-state index in [1.54, 1.807) is 0 Å². The second-order valence-corrected chi connectivity index (χ2v) is 10.6. The smallest absolute Gasteiger partial charge is 0.131 e. The van der Waals surface area contributed by atoms with Crippen molar-refractivity contribution in [1.82, 2.24) is 0 Å². The number of hydrogen-bond donors (Lipinski definition) is 1. The molecule has 0 aromatic heterocycles. The van der Waals surface area contributed by atoms with Crippen LogP contribution in [0.25, 0.3) is 0 Å². The van der Waals surface area contributed by atoms with Crippen molar-refractivity contribution in [3.05, 3.63) is 163 Å². The van der Waals surface area contributed by atoms with Gasteiger partial charge in [0, 0.05) is 41.4 Å². The summed E-state index contributed by atoms with van der Waals surface area (Å²) in [5.74, 6) is 1.56. The number of rotatable bonds is 8. The Labute approximate surface area is 253 Å². The molecule has 4 nitrogen and oxygen atoms in total. The molecule has 43 heavy (non-hydrogen) atoms. The molecule has 1 aliphatic heterocycles. The van der Waals surface area contributed by atoms with Crippen LogP contribution in [0.5, 0.6) is 11.5 Å². The molecule has 1 heterocycles. The van der Waals surface area contributed by atoms with Crippen molar-refractivity contribution in [3.63, 3.8) is 0 Å². The van der Waals surface area contributed by atoms with Crippen LogP contribution < -0.4 is 19.9 Å². The third-order valence-electron chi connectivity index (χ3n) is 7.73. The Morgan fingerprint density at radius 2 is 1.00 bits per heavy atom. The fourth-order valence-electron chi connectivity index (χ4n) is 5.82. The zero-order valence-corrected chi connectivity index (χ0v) is 23.9. The predicted octanol–water partition coefficient (Wildman–Crippen LogP) is 10.8. The van der Waals surface area contributed by atoms with Crippen LogP contribution in [0, 0.1) is 0 Å². The average Bonchev–Trinajstić information content (AvgIpc) is 3.07. The van der Waals surface area contributed by atoms with E-state index >= 15 is 0 Å². The fraction of sp³-hybridized carbons (Fsp3) is 0.0769. The first-order valence-corrected chi connectivity index (χ1v) is 14.8. The van der Waals surface area contributed by atoms with Crippen LogP contribution in [0.1, 0.15) is 12.0 Å². The molecule has 0 bridgehead atoms. The lowest BCUT2D eigenvalue weighted by atomic mass is 9.99. The molecule has 0 radical (unpaired) electrons. The topological polar surface area (TPSA) is 27.7 Å². The number of hydrogen-bond acceptors (Lipinski definition) is 4. The number of nitrogens with zero attached hydrogens (tertiary/aromatic N) is 2. The summed E-state index contributed by atoms with van der Waals surface area (Å²) in [6.45, 7) is 0.995. The normalized spacial score (nSPS) is 12.1. The molecule has 0 fully saturated rings. The lowest BCUT2D eigenvalue weighted by Crippen LogP contribution is -2.18. The van der Waals surface area contributed by atoms with Gasteiger partial charge >= 0.3 is 0 Å². The van der Waals surface area contributed by atoms with Gasteiger partial charge in [0.2, 0.25) is 0 Å². The molecule has 0 spiro atoms. The van der Waals surface area contributed by atoms with E-state index in [2.05, 4.69) is 143 Å². The molecule has 6 aromatic carbocycles. The van der Waals surface area contributed by atoms with Gasteiger partial charge in [0.1, 0.15) is 11.5 Å². The van der Waals surface area contributed by atoms with Crippen LogP contribution in [0.15, 0.2) is 158 Å². The highest BCUT2D eigenvalue weighted by molar-refractivity contribution is 5.86. The zero-order valence-electron chi connectivity index (χ0n) is 23.9. The Hall–Kier alpha value is -5.48. The molecule has 1 N–H and O–H groups in total. The van der Waals surface area contributed by atoms with Crippen LogP contribution in [0.4, 0.5) is 39.8 Å². The SMILES string of the molecule is c1ccc(Oc2cc(N(c3ccccc3)c3ccccc3)cc(N(c3ccccc3)c3cccc4c3CCCN4)c2)cc1. The first-order valence-electron chi connectivity index (χ1n) is 14.8. The molecule has 1 aliphatic rings. The third kappa shape index (κ3) is 5.68. The summed E-state index contributed by atoms with van der Waals surface area (Å²) >= 11 is 0. The van der Waals surface area contributed by atoms with E-state index in [0.29, 0.717) is 0 Å². The van der Waals surface area contributed by atoms with Crippen molar-refractivity contribution in [2.75, 3.05) is 21.7 Å². The third-order valence-corrected chi connectivity index (χ3v) is 7.73. The van der Waals surface area contributed by atoms with Crippen molar-refractivity contribution in [1.29, 1.82) is 0 Å². The van der Waals surface area contributed by atoms with Gasteiger partial charge in [0.15, 0.2) is 0 Å². The summed E-state index contributed by atoms with van der Waals surface area (Å²) in [7, 11) is 0. The minimum absolute atomic E-state index is 0.763. The maximum Gasteiger partial charge on any atom is 0.131 e. The van der Waals surface area contributed by atoms with E-state index in [9.17, 15) is 0 Å². The van der Waals surface area contributed by atoms with Gasteiger partial charge in [-0.3, -0.25) is 0 Å². The van der Waals surface area contributed by atoms with E-state index < -0.39 is 0 Å². The molecule has 0 aliphatic carbocycles. The standard InChI is InChI=1S/C39H33N3O/c1-5-15-30(16-6-1)41(31-17-7-2-8-18-31)33-27-34(29-36(28-33)43-35-21-11-4-12-22-35)42(32-19-9-3-10-20-32)39-25-13-24-38-37(39)23-14-26-40-38/h1-13,15-22,24-25,27-29,40H,14,23,26H2. The number of benzene rings is 6. The molecule has 0 amide bonds. The summed E-state index contributed by atoms with van der Waals surface area (Å²) < 4.78 is 6.55. The molecule has 0 saturated carbocycles. The van der Waals surface area contributed by atoms with Gasteiger partial charge in [-0.1, -0.05) is 78.9 Å². The number of para-hydroxylation sites is 4. The van der Waals surface area contributed by atoms with Gasteiger partial charge in [-0.2, -0.15) is 0 Å². The van der Waals surface area contributed by atoms with Crippen molar-refractivity contribution in [2.24, 2.45) is 0 Å². The van der Waals surface area contributed by atoms with Gasteiger partial charge < -0.3 is 19.9 Å². The Kier molecular flexibility index (Phi) is 7.48. The number of nitrogens with one attached hydrogen (secondary N) is 1. The quantitative estimate of drug-likeness (QED) is 0.201. The lowest BCUT2D eigenvalue weighted by Gasteiger charge is -2.32. The monoisotopic (exact) mass is 559 g/mol. The first kappa shape index (κ1) is 26.4. The number of fused-ring (bicyclic) bond motifs is 1. The van der Waals surface area contributed by atoms with Crippen molar-refractivity contribution >= 4 is 39.8 Å². The summed E-state index contributed by atoms with van der Waals surface area (Å²) in [6.07, 6.45) is 2.12. The van der Waals surface area contributed by atoms with E-state index in [0.717, 1.165) is 59.3 Å². The Morgan fingerprint density at radius 3 is 1.60 bits per heavy atom. The van der Waals surface area contributed by atoms with Gasteiger partial charge in [-0.15, -0.1) is 0 Å². The van der Waals surface area contributed by atoms with Gasteiger partial charge in [-0.25, -0.2) is 0 Å². The summed E-state index contributed by atoms with van der Waals surface area (Å²) in [5, 5.41) is 3.62. The maximum atomic E-state index is 6.55. The number of anilines is 7. The highest BCUT2D eigenvalue weighted by Gasteiger charge is 2.23. The summed E-state index contributed by atoms with van der Waals surface area (Å²) in [5.41, 5.74) is 8.97. The van der Waals surface area contributed by atoms with E-state index in [1.807, 2.05) is 30.3 Å². The largest absolute Gasteiger partial charge is 0.457 e. The molecule has 210 valence electrons. The number of ether oxygens (including phenoxy) is 1. The van der Waals surface area contributed by atoms with Crippen LogP contribution in [-0.4, -0.2) is 6.54 Å². The Balaban J connectivity index is 1.46. The highest BCUT2D eigenvalue weighted by Crippen LogP contribution is 2.45. The minimum Gasteiger partial charge on any atom is -0.457 e. The highest BCUT2D eigenvalue weighted by atomic mass is 16.5. The molecular weight excluding hydrogens is 526 g/mol. The maximum absolute atomic E-state index is 6.55. The molecule has 4 heteroatoms. The Morgan fingerprint density at radius 1 is 0.465 bits per heavy atom. The predicted molar refractivity (Wildman–Crippen MR) is 179 cm³/mol. The van der Waals surface area contributed by atoms with E-state index in [4.69, 9.17) is 4.74 Å². The Bertz CT molecular complexity index is 1750. The van der Waals surface area contributed by atoms with Gasteiger partial charge in [0.05, 0.1) is 17.1 Å². The van der Waals surface area contributed by atoms with Crippen molar-refractivity contribution in [2.45, 2.75) is 12.8 Å². The molecule has 0 atom stereocenters. The lowest BCUT2D eigenvalue weighted by molar-refractivity contribution is 0.483. The van der Waals surface area contributed by atoms with E-state index in [1.165, 1.54) is 16.9 Å². The van der Waals surface area contributed by atoms with Crippen LogP contribution in [-0.2, 0) is 6.42 Å². The van der Waals surface area contributed by atoms with Crippen molar-refractivity contribution < 1.29 is 4.74 Å². The van der Waals surface area contributed by atoms with Gasteiger partial charge in [-0.05, 0) is 85.1 Å². The fourth-order valence-corrected chi connectivity index (χ4v) is 5.82. The van der Waals surface area contributed by atoms with Gasteiger partial charge in [0.25, 0.3) is 0 Å². The average molecular weight is 560 g/mol. The second-order valence-electron chi connectivity index (χ2n) is 10.6. The summed E-state index contributed by atoms with van der Waals surface area (Å²) in [4.78, 5) is 4.65. The van der Waals surface area contributed by atoms with Crippen LogP contribution in [0.2, 0.25) is 0 Å². The molecule has 0 saturated heterocycles. The molecule has 0 unspecified atom stereocenters. The zero-order chi connectivity index (χ0) is 28.8. The molecule has 6 aromatic rings. The summed E-state index contributed by atoms with van der Waals surface area (Å²) in [6, 6.07) is 54.7. The van der Waals surface area contributed by atoms with E-state index in [-0.39, 0.29) is 0 Å². The van der Waals surface area contributed by atoms with Crippen LogP contribution >= 0.6 is 0 Å². The van der Waals surface area contributed by atoms with Crippen molar-refractivity contribution in [3.8, 4) is 11.5 Å².